The van der Waals surface area contributed by atoms with Gasteiger partial charge in [-0.05, 0) is 80.5 Å². The van der Waals surface area contributed by atoms with Crippen molar-refractivity contribution in [3.63, 3.8) is 0 Å². The van der Waals surface area contributed by atoms with Gasteiger partial charge in [-0.25, -0.2) is 13.1 Å². The van der Waals surface area contributed by atoms with Crippen LogP contribution < -0.4 is 15.6 Å². The number of aryl methyl sites for hydroxylation is 2. The molecule has 2 aromatic carbocycles. The van der Waals surface area contributed by atoms with Crippen LogP contribution in [0.5, 0.6) is 0 Å². The molecule has 0 fully saturated rings. The highest BCUT2D eigenvalue weighted by atomic mass is 32.2. The van der Waals surface area contributed by atoms with E-state index in [0.29, 0.717) is 41.2 Å². The molecular weight excluding hydrogens is 464 g/mol. The van der Waals surface area contributed by atoms with Crippen molar-refractivity contribution in [1.29, 1.82) is 0 Å². The minimum absolute atomic E-state index is 0.0478. The van der Waals surface area contributed by atoms with Crippen LogP contribution >= 0.6 is 0 Å². The lowest BCUT2D eigenvalue weighted by atomic mass is 9.89. The molecule has 35 heavy (non-hydrogen) atoms. The molecule has 4 rings (SSSR count). The summed E-state index contributed by atoms with van der Waals surface area (Å²) in [5.74, 6) is -0.201. The molecule has 1 aliphatic rings. The van der Waals surface area contributed by atoms with Crippen LogP contribution in [-0.4, -0.2) is 24.1 Å². The minimum atomic E-state index is -3.90. The summed E-state index contributed by atoms with van der Waals surface area (Å²) in [6.07, 6.45) is 3.96. The molecule has 9 heteroatoms. The number of benzene rings is 2. The van der Waals surface area contributed by atoms with Gasteiger partial charge < -0.3 is 5.32 Å². The second kappa shape index (κ2) is 10.0. The minimum Gasteiger partial charge on any atom is -0.326 e. The van der Waals surface area contributed by atoms with Crippen LogP contribution in [0.15, 0.2) is 52.2 Å². The lowest BCUT2D eigenvalue weighted by Gasteiger charge is -2.21. The van der Waals surface area contributed by atoms with Crippen molar-refractivity contribution < 1.29 is 13.2 Å². The Kier molecular flexibility index (Phi) is 7.07. The van der Waals surface area contributed by atoms with Crippen LogP contribution in [0.3, 0.4) is 0 Å². The summed E-state index contributed by atoms with van der Waals surface area (Å²) < 4.78 is 31.0. The number of aromatic nitrogens is 2. The number of fused-ring (bicyclic) bond motifs is 1. The summed E-state index contributed by atoms with van der Waals surface area (Å²) in [4.78, 5) is 24.2. The molecule has 8 nitrogen and oxygen atoms in total. The molecule has 1 aromatic heterocycles. The maximum absolute atomic E-state index is 13.4. The highest BCUT2D eigenvalue weighted by Gasteiger charge is 2.24. The van der Waals surface area contributed by atoms with Gasteiger partial charge in [-0.2, -0.15) is 5.10 Å². The van der Waals surface area contributed by atoms with Crippen LogP contribution in [-0.2, 0) is 40.6 Å². The molecule has 2 N–H and O–H groups in total. The summed E-state index contributed by atoms with van der Waals surface area (Å²) >= 11 is 0. The first kappa shape index (κ1) is 24.7. The molecule has 1 heterocycles. The summed E-state index contributed by atoms with van der Waals surface area (Å²) in [5, 5.41) is 7.29. The maximum Gasteiger partial charge on any atom is 0.270 e. The van der Waals surface area contributed by atoms with Crippen molar-refractivity contribution >= 4 is 27.3 Å². The molecule has 0 saturated heterocycles. The number of carbonyl (C=O) groups is 1. The van der Waals surface area contributed by atoms with Crippen molar-refractivity contribution in [3.05, 3.63) is 69.5 Å². The molecular formula is C26H30N4O4S. The smallest absolute Gasteiger partial charge is 0.270 e. The lowest BCUT2D eigenvalue weighted by Crippen LogP contribution is -2.30. The zero-order valence-corrected chi connectivity index (χ0v) is 21.0. The Morgan fingerprint density at radius 2 is 1.66 bits per heavy atom. The SMILES string of the molecule is CCc1ccc(-c2nn(CC)c(=O)c3c2CCCC3)cc1S(=O)(=O)Nc1ccc(NC(C)=O)cc1. The van der Waals surface area contributed by atoms with E-state index in [-0.39, 0.29) is 16.4 Å². The third-order valence-corrected chi connectivity index (χ3v) is 7.70. The molecule has 1 aliphatic carbocycles. The monoisotopic (exact) mass is 494 g/mol. The van der Waals surface area contributed by atoms with Crippen LogP contribution in [0, 0.1) is 0 Å². The number of carbonyl (C=O) groups excluding carboxylic acids is 1. The third-order valence-electron chi connectivity index (χ3n) is 6.24. The number of nitrogens with one attached hydrogen (secondary N) is 2. The van der Waals surface area contributed by atoms with Gasteiger partial charge in [0.2, 0.25) is 5.91 Å². The molecule has 0 spiro atoms. The number of anilines is 2. The van der Waals surface area contributed by atoms with E-state index in [4.69, 9.17) is 0 Å². The van der Waals surface area contributed by atoms with E-state index in [1.54, 1.807) is 30.3 Å². The topological polar surface area (TPSA) is 110 Å². The number of hydrogen-bond donors (Lipinski definition) is 2. The van der Waals surface area contributed by atoms with Crippen LogP contribution in [0.1, 0.15) is 50.3 Å². The van der Waals surface area contributed by atoms with E-state index in [1.165, 1.54) is 11.6 Å². The van der Waals surface area contributed by atoms with E-state index in [9.17, 15) is 18.0 Å². The lowest BCUT2D eigenvalue weighted by molar-refractivity contribution is -0.114. The van der Waals surface area contributed by atoms with E-state index in [0.717, 1.165) is 36.8 Å². The van der Waals surface area contributed by atoms with Gasteiger partial charge in [0.05, 0.1) is 10.6 Å². The largest absolute Gasteiger partial charge is 0.326 e. The average Bonchev–Trinajstić information content (AvgIpc) is 2.85. The first-order chi connectivity index (χ1) is 16.7. The van der Waals surface area contributed by atoms with Gasteiger partial charge in [0.1, 0.15) is 0 Å². The first-order valence-corrected chi connectivity index (χ1v) is 13.4. The molecule has 184 valence electrons. The second-order valence-corrected chi connectivity index (χ2v) is 10.3. The number of amides is 1. The Morgan fingerprint density at radius 3 is 2.29 bits per heavy atom. The van der Waals surface area contributed by atoms with Crippen molar-refractivity contribution in [2.75, 3.05) is 10.0 Å². The number of sulfonamides is 1. The molecule has 1 amide bonds. The van der Waals surface area contributed by atoms with E-state index < -0.39 is 10.0 Å². The van der Waals surface area contributed by atoms with Gasteiger partial charge in [-0.3, -0.25) is 14.3 Å². The summed E-state index contributed by atoms with van der Waals surface area (Å²) in [7, 11) is -3.90. The molecule has 0 bridgehead atoms. The average molecular weight is 495 g/mol. The quantitative estimate of drug-likeness (QED) is 0.513. The predicted molar refractivity (Wildman–Crippen MR) is 137 cm³/mol. The van der Waals surface area contributed by atoms with E-state index in [2.05, 4.69) is 15.1 Å². The zero-order valence-electron chi connectivity index (χ0n) is 20.2. The van der Waals surface area contributed by atoms with E-state index >= 15 is 0 Å². The first-order valence-electron chi connectivity index (χ1n) is 11.9. The Bertz CT molecular complexity index is 1430. The molecule has 0 atom stereocenters. The Balaban J connectivity index is 1.76. The summed E-state index contributed by atoms with van der Waals surface area (Å²) in [6, 6.07) is 11.9. The van der Waals surface area contributed by atoms with Crippen LogP contribution in [0.25, 0.3) is 11.3 Å². The Morgan fingerprint density at radius 1 is 1.00 bits per heavy atom. The highest BCUT2D eigenvalue weighted by Crippen LogP contribution is 2.31. The standard InChI is InChI=1S/C26H30N4O4S/c1-4-18-10-11-19(25-22-8-6-7-9-23(22)26(32)30(5-2)28-25)16-24(18)35(33,34)29-21-14-12-20(13-15-21)27-17(3)31/h10-16,29H,4-9H2,1-3H3,(H,27,31). The van der Waals surface area contributed by atoms with Crippen molar-refractivity contribution in [2.24, 2.45) is 0 Å². The molecule has 0 radical (unpaired) electrons. The van der Waals surface area contributed by atoms with Crippen molar-refractivity contribution in [2.45, 2.75) is 64.3 Å². The fourth-order valence-corrected chi connectivity index (χ4v) is 5.91. The van der Waals surface area contributed by atoms with Gasteiger partial charge in [0.15, 0.2) is 0 Å². The van der Waals surface area contributed by atoms with Gasteiger partial charge in [-0.1, -0.05) is 19.1 Å². The highest BCUT2D eigenvalue weighted by molar-refractivity contribution is 7.92. The fraction of sp³-hybridized carbons (Fsp3) is 0.346. The van der Waals surface area contributed by atoms with E-state index in [1.807, 2.05) is 26.0 Å². The third kappa shape index (κ3) is 5.14. The normalized spacial score (nSPS) is 13.2. The molecule has 0 saturated carbocycles. The molecule has 0 unspecified atom stereocenters. The van der Waals surface area contributed by atoms with Crippen LogP contribution in [0.2, 0.25) is 0 Å². The second-order valence-electron chi connectivity index (χ2n) is 8.67. The van der Waals surface area contributed by atoms with Crippen LogP contribution in [0.4, 0.5) is 11.4 Å². The van der Waals surface area contributed by atoms with Gasteiger partial charge in [0, 0.05) is 36.0 Å². The predicted octanol–water partition coefficient (Wildman–Crippen LogP) is 4.13. The van der Waals surface area contributed by atoms with Gasteiger partial charge in [-0.15, -0.1) is 0 Å². The molecule has 3 aromatic rings. The zero-order chi connectivity index (χ0) is 25.2. The van der Waals surface area contributed by atoms with Crippen molar-refractivity contribution in [1.82, 2.24) is 9.78 Å². The maximum atomic E-state index is 13.4. The van der Waals surface area contributed by atoms with Gasteiger partial charge in [0.25, 0.3) is 15.6 Å². The number of hydrogen-bond acceptors (Lipinski definition) is 5. The number of rotatable bonds is 7. The summed E-state index contributed by atoms with van der Waals surface area (Å²) in [5.41, 5.74) is 4.70. The fourth-order valence-electron chi connectivity index (χ4n) is 4.51. The number of nitrogens with zero attached hydrogens (tertiary/aromatic N) is 2. The van der Waals surface area contributed by atoms with Crippen molar-refractivity contribution in [3.8, 4) is 11.3 Å². The molecule has 0 aliphatic heterocycles. The Labute approximate surface area is 205 Å². The summed E-state index contributed by atoms with van der Waals surface area (Å²) in [6.45, 7) is 5.65. The van der Waals surface area contributed by atoms with Gasteiger partial charge >= 0.3 is 0 Å². The Hall–Kier alpha value is -3.46.